The van der Waals surface area contributed by atoms with Crippen LogP contribution in [0.4, 0.5) is 18.9 Å². The Balaban J connectivity index is 1.72. The van der Waals surface area contributed by atoms with E-state index >= 15 is 0 Å². The number of nitrogens with one attached hydrogen (secondary N) is 1. The summed E-state index contributed by atoms with van der Waals surface area (Å²) in [4.78, 5) is 36.8. The van der Waals surface area contributed by atoms with Crippen LogP contribution in [0.15, 0.2) is 65.0 Å². The van der Waals surface area contributed by atoms with Crippen LogP contribution in [0.5, 0.6) is 5.75 Å². The number of nitro groups is 1. The zero-order chi connectivity index (χ0) is 26.9. The van der Waals surface area contributed by atoms with Gasteiger partial charge in [-0.05, 0) is 49.1 Å². The number of ketones is 1. The number of ether oxygens (including phenoxy) is 2. The van der Waals surface area contributed by atoms with Crippen molar-refractivity contribution in [1.82, 2.24) is 5.32 Å². The van der Waals surface area contributed by atoms with E-state index in [-0.39, 0.29) is 35.7 Å². The molecule has 2 aromatic carbocycles. The van der Waals surface area contributed by atoms with E-state index in [1.54, 1.807) is 6.92 Å². The summed E-state index contributed by atoms with van der Waals surface area (Å²) in [6.07, 6.45) is -3.03. The van der Waals surface area contributed by atoms with Gasteiger partial charge >= 0.3 is 17.8 Å². The van der Waals surface area contributed by atoms with Crippen molar-refractivity contribution in [1.29, 1.82) is 0 Å². The molecule has 0 unspecified atom stereocenters. The van der Waals surface area contributed by atoms with Crippen LogP contribution >= 0.6 is 0 Å². The third-order valence-corrected chi connectivity index (χ3v) is 6.34. The molecule has 194 valence electrons. The summed E-state index contributed by atoms with van der Waals surface area (Å²) in [5.41, 5.74) is 0.880. The van der Waals surface area contributed by atoms with Crippen LogP contribution in [-0.4, -0.2) is 23.8 Å². The van der Waals surface area contributed by atoms with Crippen molar-refractivity contribution in [3.63, 3.8) is 0 Å². The third-order valence-electron chi connectivity index (χ3n) is 6.34. The van der Waals surface area contributed by atoms with Gasteiger partial charge in [0, 0.05) is 35.4 Å². The fraction of sp³-hybridized carbons (Fsp3) is 0.308. The molecule has 4 rings (SSSR count). The number of hydrogen-bond donors (Lipinski definition) is 1. The Hall–Kier alpha value is -4.15. The fourth-order valence-electron chi connectivity index (χ4n) is 4.67. The van der Waals surface area contributed by atoms with E-state index in [4.69, 9.17) is 9.47 Å². The molecule has 1 aliphatic carbocycles. The highest BCUT2D eigenvalue weighted by Gasteiger charge is 2.39. The standard InChI is InChI=1S/C26H23F3N2O6/c1-14-22(25(33)36-2)23(24-18(30-14)7-4-8-20(24)32)16-9-10-21(19(12-16)31(34)35)37-13-15-5-3-6-17(11-15)26(27,28)29/h3,5-6,9-12,23,30H,4,7-8,13H2,1-2H3/t23-/m1/s1. The van der Waals surface area contributed by atoms with Gasteiger partial charge in [-0.3, -0.25) is 14.9 Å². The molecule has 37 heavy (non-hydrogen) atoms. The number of nitrogens with zero attached hydrogens (tertiary/aromatic N) is 1. The van der Waals surface area contributed by atoms with Gasteiger partial charge in [0.15, 0.2) is 11.5 Å². The van der Waals surface area contributed by atoms with Gasteiger partial charge < -0.3 is 14.8 Å². The van der Waals surface area contributed by atoms with Crippen molar-refractivity contribution in [3.05, 3.63) is 91.8 Å². The monoisotopic (exact) mass is 516 g/mol. The number of halogens is 3. The Morgan fingerprint density at radius 2 is 1.95 bits per heavy atom. The Kier molecular flexibility index (Phi) is 7.06. The minimum absolute atomic E-state index is 0.162. The number of hydrogen-bond acceptors (Lipinski definition) is 7. The number of allylic oxidation sites excluding steroid dienone is 3. The highest BCUT2D eigenvalue weighted by Crippen LogP contribution is 2.44. The number of dihydropyridines is 1. The van der Waals surface area contributed by atoms with E-state index in [0.29, 0.717) is 35.4 Å². The average molecular weight is 516 g/mol. The van der Waals surface area contributed by atoms with Crippen molar-refractivity contribution in [3.8, 4) is 5.75 Å². The molecule has 2 aromatic rings. The average Bonchev–Trinajstić information content (AvgIpc) is 2.86. The smallest absolute Gasteiger partial charge is 0.416 e. The molecule has 0 amide bonds. The lowest BCUT2D eigenvalue weighted by Crippen LogP contribution is -2.34. The van der Waals surface area contributed by atoms with Crippen molar-refractivity contribution in [2.24, 2.45) is 0 Å². The van der Waals surface area contributed by atoms with E-state index in [1.807, 2.05) is 0 Å². The number of carbonyl (C=O) groups is 2. The SMILES string of the molecule is COC(=O)C1=C(C)NC2=C(C(=O)CCC2)[C@@H]1c1ccc(OCc2cccc(C(F)(F)F)c2)c([N+](=O)[O-])c1. The predicted octanol–water partition coefficient (Wildman–Crippen LogP) is 5.33. The highest BCUT2D eigenvalue weighted by molar-refractivity contribution is 6.03. The van der Waals surface area contributed by atoms with Crippen LogP contribution < -0.4 is 10.1 Å². The van der Waals surface area contributed by atoms with Crippen LogP contribution in [-0.2, 0) is 27.1 Å². The molecule has 0 aromatic heterocycles. The molecule has 8 nitrogen and oxygen atoms in total. The Labute approximate surface area is 209 Å². The zero-order valence-electron chi connectivity index (χ0n) is 20.0. The number of methoxy groups -OCH3 is 1. The second kappa shape index (κ2) is 10.1. The maximum absolute atomic E-state index is 13.0. The molecule has 0 saturated carbocycles. The molecule has 0 radical (unpaired) electrons. The number of alkyl halides is 3. The van der Waals surface area contributed by atoms with Gasteiger partial charge in [-0.15, -0.1) is 0 Å². The summed E-state index contributed by atoms with van der Waals surface area (Å²) in [6.45, 7) is 1.33. The quantitative estimate of drug-likeness (QED) is 0.314. The van der Waals surface area contributed by atoms with Crippen molar-refractivity contribution in [2.45, 2.75) is 44.9 Å². The maximum Gasteiger partial charge on any atom is 0.416 e. The van der Waals surface area contributed by atoms with Gasteiger partial charge in [0.25, 0.3) is 0 Å². The summed E-state index contributed by atoms with van der Waals surface area (Å²) >= 11 is 0. The van der Waals surface area contributed by atoms with Gasteiger partial charge in [0.05, 0.1) is 23.2 Å². The summed E-state index contributed by atoms with van der Waals surface area (Å²) in [6, 6.07) is 8.53. The topological polar surface area (TPSA) is 108 Å². The van der Waals surface area contributed by atoms with Gasteiger partial charge in [-0.1, -0.05) is 18.2 Å². The molecule has 11 heteroatoms. The van der Waals surface area contributed by atoms with E-state index in [1.165, 1.54) is 37.4 Å². The normalized spacial score (nSPS) is 17.8. The Bertz CT molecular complexity index is 1350. The van der Waals surface area contributed by atoms with E-state index in [9.17, 15) is 32.9 Å². The lowest BCUT2D eigenvalue weighted by Gasteiger charge is -2.34. The first-order chi connectivity index (χ1) is 17.5. The number of Topliss-reactive ketones (excluding diaryl/α,β-unsaturated/α-hetero) is 1. The molecule has 0 bridgehead atoms. The van der Waals surface area contributed by atoms with Gasteiger partial charge in [-0.25, -0.2) is 4.79 Å². The van der Waals surface area contributed by atoms with Crippen LogP contribution in [0, 0.1) is 10.1 Å². The Morgan fingerprint density at radius 1 is 1.19 bits per heavy atom. The van der Waals surface area contributed by atoms with Crippen molar-refractivity contribution >= 4 is 17.4 Å². The second-order valence-corrected chi connectivity index (χ2v) is 8.73. The Morgan fingerprint density at radius 3 is 2.62 bits per heavy atom. The van der Waals surface area contributed by atoms with Gasteiger partial charge in [0.2, 0.25) is 0 Å². The number of carbonyl (C=O) groups excluding carboxylic acids is 2. The van der Waals surface area contributed by atoms with Crippen LogP contribution in [0.2, 0.25) is 0 Å². The van der Waals surface area contributed by atoms with Crippen LogP contribution in [0.3, 0.4) is 0 Å². The summed E-state index contributed by atoms with van der Waals surface area (Å²) in [5, 5.41) is 15.0. The van der Waals surface area contributed by atoms with Crippen LogP contribution in [0.25, 0.3) is 0 Å². The van der Waals surface area contributed by atoms with E-state index < -0.39 is 34.2 Å². The molecule has 1 atom stereocenters. The van der Waals surface area contributed by atoms with E-state index in [0.717, 1.165) is 12.1 Å². The van der Waals surface area contributed by atoms with Crippen molar-refractivity contribution in [2.75, 3.05) is 7.11 Å². The predicted molar refractivity (Wildman–Crippen MR) is 125 cm³/mol. The fourth-order valence-corrected chi connectivity index (χ4v) is 4.67. The number of nitro benzene ring substituents is 1. The second-order valence-electron chi connectivity index (χ2n) is 8.73. The molecule has 0 saturated heterocycles. The molecule has 1 N–H and O–H groups in total. The molecular weight excluding hydrogens is 493 g/mol. The molecular formula is C26H23F3N2O6. The molecule has 0 fully saturated rings. The summed E-state index contributed by atoms with van der Waals surface area (Å²) in [5.74, 6) is -1.88. The van der Waals surface area contributed by atoms with Crippen LogP contribution in [0.1, 0.15) is 48.8 Å². The van der Waals surface area contributed by atoms with Gasteiger partial charge in [-0.2, -0.15) is 13.2 Å². The minimum atomic E-state index is -4.54. The number of esters is 1. The molecule has 1 heterocycles. The number of rotatable bonds is 6. The maximum atomic E-state index is 13.0. The lowest BCUT2D eigenvalue weighted by atomic mass is 9.75. The first kappa shape index (κ1) is 25.9. The highest BCUT2D eigenvalue weighted by atomic mass is 19.4. The molecule has 0 spiro atoms. The minimum Gasteiger partial charge on any atom is -0.482 e. The summed E-state index contributed by atoms with van der Waals surface area (Å²) in [7, 11) is 1.21. The third kappa shape index (κ3) is 5.20. The summed E-state index contributed by atoms with van der Waals surface area (Å²) < 4.78 is 49.5. The number of benzene rings is 2. The largest absolute Gasteiger partial charge is 0.482 e. The lowest BCUT2D eigenvalue weighted by molar-refractivity contribution is -0.386. The van der Waals surface area contributed by atoms with E-state index in [2.05, 4.69) is 5.32 Å². The first-order valence-corrected chi connectivity index (χ1v) is 11.4. The van der Waals surface area contributed by atoms with Gasteiger partial charge in [0.1, 0.15) is 6.61 Å². The first-order valence-electron chi connectivity index (χ1n) is 11.4. The zero-order valence-corrected chi connectivity index (χ0v) is 20.0. The molecule has 2 aliphatic rings. The molecule has 1 aliphatic heterocycles. The van der Waals surface area contributed by atoms with Crippen molar-refractivity contribution < 1.29 is 37.2 Å².